The van der Waals surface area contributed by atoms with Crippen molar-refractivity contribution in [2.75, 3.05) is 13.1 Å². The van der Waals surface area contributed by atoms with E-state index >= 15 is 0 Å². The van der Waals surface area contributed by atoms with Crippen molar-refractivity contribution in [3.8, 4) is 0 Å². The zero-order valence-electron chi connectivity index (χ0n) is 11.9. The fraction of sp³-hybridized carbons (Fsp3) is 0.846. The highest BCUT2D eigenvalue weighted by Gasteiger charge is 2.19. The molecule has 2 N–H and O–H groups in total. The van der Waals surface area contributed by atoms with E-state index in [-0.39, 0.29) is 31.0 Å². The Balaban J connectivity index is 4.26. The van der Waals surface area contributed by atoms with Crippen molar-refractivity contribution in [3.63, 3.8) is 0 Å². The van der Waals surface area contributed by atoms with Crippen LogP contribution in [0, 0.1) is 0 Å². The second-order valence-electron chi connectivity index (χ2n) is 4.59. The molecule has 0 fully saturated rings. The quantitative estimate of drug-likeness (QED) is 0.657. The van der Waals surface area contributed by atoms with Gasteiger partial charge in [0.25, 0.3) is 0 Å². The van der Waals surface area contributed by atoms with Gasteiger partial charge in [0.2, 0.25) is 5.91 Å². The second-order valence-corrected chi connectivity index (χ2v) is 4.59. The molecule has 1 unspecified atom stereocenters. The van der Waals surface area contributed by atoms with Crippen molar-refractivity contribution in [2.24, 2.45) is 0 Å². The summed E-state index contributed by atoms with van der Waals surface area (Å²) in [5.74, 6) is -0.857. The molecule has 0 aromatic heterocycles. The Hall–Kier alpha value is -1.10. The van der Waals surface area contributed by atoms with Gasteiger partial charge in [0.1, 0.15) is 0 Å². The molecule has 0 saturated heterocycles. The Kier molecular flexibility index (Phi) is 8.37. The normalized spacial score (nSPS) is 12.8. The highest BCUT2D eigenvalue weighted by atomic mass is 16.4. The summed E-state index contributed by atoms with van der Waals surface area (Å²) in [6, 6.07) is 0.0888. The zero-order chi connectivity index (χ0) is 14.1. The molecule has 0 aromatic rings. The Bertz CT molecular complexity index is 265. The Morgan fingerprint density at radius 3 is 2.17 bits per heavy atom. The van der Waals surface area contributed by atoms with E-state index in [2.05, 4.69) is 5.32 Å². The van der Waals surface area contributed by atoms with Gasteiger partial charge < -0.3 is 10.4 Å². The maximum Gasteiger partial charge on any atom is 0.304 e. The summed E-state index contributed by atoms with van der Waals surface area (Å²) < 4.78 is 0. The third kappa shape index (κ3) is 6.59. The van der Waals surface area contributed by atoms with Crippen LogP contribution in [0.3, 0.4) is 0 Å². The molecule has 5 nitrogen and oxygen atoms in total. The summed E-state index contributed by atoms with van der Waals surface area (Å²) in [6.45, 7) is 8.79. The molecule has 0 radical (unpaired) electrons. The van der Waals surface area contributed by atoms with Gasteiger partial charge in [-0.3, -0.25) is 14.5 Å². The van der Waals surface area contributed by atoms with Gasteiger partial charge in [0, 0.05) is 12.1 Å². The molecule has 0 aliphatic rings. The number of carbonyl (C=O) groups excluding carboxylic acids is 1. The highest BCUT2D eigenvalue weighted by molar-refractivity contribution is 5.78. The van der Waals surface area contributed by atoms with E-state index in [1.165, 1.54) is 0 Å². The summed E-state index contributed by atoms with van der Waals surface area (Å²) in [7, 11) is 0. The summed E-state index contributed by atoms with van der Waals surface area (Å²) >= 11 is 0. The fourth-order valence-electron chi connectivity index (χ4n) is 1.91. The van der Waals surface area contributed by atoms with E-state index in [1.54, 1.807) is 0 Å². The standard InChI is InChI=1S/C13H26N2O3/c1-5-11(6-2)14-12(16)9-15(7-3)10(4)8-13(17)18/h10-11H,5-9H2,1-4H3,(H,14,16)(H,17,18). The van der Waals surface area contributed by atoms with E-state index in [1.807, 2.05) is 32.6 Å². The maximum atomic E-state index is 11.8. The molecule has 0 rings (SSSR count). The first kappa shape index (κ1) is 16.9. The van der Waals surface area contributed by atoms with E-state index < -0.39 is 5.97 Å². The van der Waals surface area contributed by atoms with Crippen LogP contribution in [-0.4, -0.2) is 47.1 Å². The third-order valence-electron chi connectivity index (χ3n) is 3.20. The highest BCUT2D eigenvalue weighted by Crippen LogP contribution is 2.04. The van der Waals surface area contributed by atoms with Crippen molar-refractivity contribution in [1.82, 2.24) is 10.2 Å². The lowest BCUT2D eigenvalue weighted by atomic mass is 10.1. The number of hydrogen-bond donors (Lipinski definition) is 2. The van der Waals surface area contributed by atoms with Crippen LogP contribution < -0.4 is 5.32 Å². The first-order valence-corrected chi connectivity index (χ1v) is 6.69. The Labute approximate surface area is 110 Å². The van der Waals surface area contributed by atoms with Gasteiger partial charge in [0.05, 0.1) is 13.0 Å². The van der Waals surface area contributed by atoms with E-state index in [0.29, 0.717) is 6.54 Å². The fourth-order valence-corrected chi connectivity index (χ4v) is 1.91. The number of rotatable bonds is 9. The number of hydrogen-bond acceptors (Lipinski definition) is 3. The number of carbonyl (C=O) groups is 2. The van der Waals surface area contributed by atoms with E-state index in [9.17, 15) is 9.59 Å². The predicted octanol–water partition coefficient (Wildman–Crippen LogP) is 1.48. The number of likely N-dealkylation sites (N-methyl/N-ethyl adjacent to an activating group) is 1. The van der Waals surface area contributed by atoms with Crippen LogP contribution in [0.1, 0.15) is 47.0 Å². The number of aliphatic carboxylic acids is 1. The molecule has 0 saturated carbocycles. The topological polar surface area (TPSA) is 69.6 Å². The van der Waals surface area contributed by atoms with Crippen LogP contribution in [0.15, 0.2) is 0 Å². The molecule has 18 heavy (non-hydrogen) atoms. The van der Waals surface area contributed by atoms with Gasteiger partial charge >= 0.3 is 5.97 Å². The minimum Gasteiger partial charge on any atom is -0.481 e. The molecular weight excluding hydrogens is 232 g/mol. The lowest BCUT2D eigenvalue weighted by Crippen LogP contribution is -2.45. The average Bonchev–Trinajstić information content (AvgIpc) is 2.31. The molecule has 0 aliphatic carbocycles. The zero-order valence-corrected chi connectivity index (χ0v) is 11.9. The van der Waals surface area contributed by atoms with Gasteiger partial charge in [-0.15, -0.1) is 0 Å². The SMILES string of the molecule is CCC(CC)NC(=O)CN(CC)C(C)CC(=O)O. The lowest BCUT2D eigenvalue weighted by Gasteiger charge is -2.27. The number of nitrogens with one attached hydrogen (secondary N) is 1. The molecule has 1 atom stereocenters. The molecule has 0 heterocycles. The largest absolute Gasteiger partial charge is 0.481 e. The summed E-state index contributed by atoms with van der Waals surface area (Å²) in [4.78, 5) is 24.4. The van der Waals surface area contributed by atoms with Crippen molar-refractivity contribution in [2.45, 2.75) is 59.0 Å². The molecule has 0 aliphatic heterocycles. The second kappa shape index (κ2) is 8.91. The van der Waals surface area contributed by atoms with Crippen LogP contribution in [0.2, 0.25) is 0 Å². The van der Waals surface area contributed by atoms with Crippen LogP contribution >= 0.6 is 0 Å². The van der Waals surface area contributed by atoms with Gasteiger partial charge in [-0.1, -0.05) is 20.8 Å². The van der Waals surface area contributed by atoms with Crippen LogP contribution in [0.5, 0.6) is 0 Å². The van der Waals surface area contributed by atoms with E-state index in [4.69, 9.17) is 5.11 Å². The monoisotopic (exact) mass is 258 g/mol. The average molecular weight is 258 g/mol. The molecule has 0 aromatic carbocycles. The number of nitrogens with zero attached hydrogens (tertiary/aromatic N) is 1. The maximum absolute atomic E-state index is 11.8. The van der Waals surface area contributed by atoms with Gasteiger partial charge in [-0.05, 0) is 26.3 Å². The first-order chi connectivity index (χ1) is 8.44. The van der Waals surface area contributed by atoms with E-state index in [0.717, 1.165) is 12.8 Å². The van der Waals surface area contributed by atoms with Gasteiger partial charge in [-0.2, -0.15) is 0 Å². The molecule has 106 valence electrons. The molecule has 0 bridgehead atoms. The van der Waals surface area contributed by atoms with Gasteiger partial charge in [0.15, 0.2) is 0 Å². The number of amides is 1. The predicted molar refractivity (Wildman–Crippen MR) is 71.5 cm³/mol. The van der Waals surface area contributed by atoms with Crippen molar-refractivity contribution >= 4 is 11.9 Å². The van der Waals surface area contributed by atoms with Crippen molar-refractivity contribution in [1.29, 1.82) is 0 Å². The van der Waals surface area contributed by atoms with Crippen molar-refractivity contribution < 1.29 is 14.7 Å². The molecule has 1 amide bonds. The summed E-state index contributed by atoms with van der Waals surface area (Å²) in [6.07, 6.45) is 1.89. The lowest BCUT2D eigenvalue weighted by molar-refractivity contribution is -0.139. The number of carboxylic acids is 1. The smallest absolute Gasteiger partial charge is 0.304 e. The van der Waals surface area contributed by atoms with Gasteiger partial charge in [-0.25, -0.2) is 0 Å². The first-order valence-electron chi connectivity index (χ1n) is 6.69. The third-order valence-corrected chi connectivity index (χ3v) is 3.20. The summed E-state index contributed by atoms with van der Waals surface area (Å²) in [5, 5.41) is 11.7. The molecule has 5 heteroatoms. The molecular formula is C13H26N2O3. The molecule has 0 spiro atoms. The minimum absolute atomic E-state index is 0.0252. The van der Waals surface area contributed by atoms with Crippen LogP contribution in [0.4, 0.5) is 0 Å². The summed E-state index contributed by atoms with van der Waals surface area (Å²) in [5.41, 5.74) is 0. The van der Waals surface area contributed by atoms with Crippen LogP contribution in [0.25, 0.3) is 0 Å². The minimum atomic E-state index is -0.832. The van der Waals surface area contributed by atoms with Crippen molar-refractivity contribution in [3.05, 3.63) is 0 Å². The van der Waals surface area contributed by atoms with Crippen LogP contribution in [-0.2, 0) is 9.59 Å². The Morgan fingerprint density at radius 1 is 1.22 bits per heavy atom. The number of carboxylic acid groups (broad SMARTS) is 1. The Morgan fingerprint density at radius 2 is 1.78 bits per heavy atom.